The summed E-state index contributed by atoms with van der Waals surface area (Å²) in [6, 6.07) is 3.02. The zero-order valence-corrected chi connectivity index (χ0v) is 9.17. The quantitative estimate of drug-likeness (QED) is 0.702. The Kier molecular flexibility index (Phi) is 3.03. The fourth-order valence-electron chi connectivity index (χ4n) is 2.38. The first-order valence-electron chi connectivity index (χ1n) is 5.56. The van der Waals surface area contributed by atoms with Gasteiger partial charge < -0.3 is 0 Å². The number of halogens is 2. The van der Waals surface area contributed by atoms with E-state index in [0.29, 0.717) is 5.92 Å². The summed E-state index contributed by atoms with van der Waals surface area (Å²) in [5.74, 6) is -1.02. The molecule has 0 saturated heterocycles. The molecule has 2 unspecified atom stereocenters. The summed E-state index contributed by atoms with van der Waals surface area (Å²) in [6.45, 7) is 2.10. The Labute approximate surface area is 93.5 Å². The SMILES string of the molecule is CC1CCC(C(=O)c2cc(F)cc(F)c2)C1. The van der Waals surface area contributed by atoms with Gasteiger partial charge >= 0.3 is 0 Å². The van der Waals surface area contributed by atoms with Gasteiger partial charge in [0.05, 0.1) is 0 Å². The molecule has 16 heavy (non-hydrogen) atoms. The molecule has 0 bridgehead atoms. The van der Waals surface area contributed by atoms with Gasteiger partial charge in [-0.25, -0.2) is 8.78 Å². The Morgan fingerprint density at radius 2 is 1.81 bits per heavy atom. The van der Waals surface area contributed by atoms with Crippen molar-refractivity contribution in [2.24, 2.45) is 11.8 Å². The summed E-state index contributed by atoms with van der Waals surface area (Å²) in [5, 5.41) is 0. The number of hydrogen-bond acceptors (Lipinski definition) is 1. The van der Waals surface area contributed by atoms with Crippen LogP contribution in [0.4, 0.5) is 8.78 Å². The van der Waals surface area contributed by atoms with E-state index in [0.717, 1.165) is 37.5 Å². The third kappa shape index (κ3) is 2.29. The lowest BCUT2D eigenvalue weighted by molar-refractivity contribution is 0.0919. The Balaban J connectivity index is 2.20. The molecule has 0 spiro atoms. The summed E-state index contributed by atoms with van der Waals surface area (Å²) >= 11 is 0. The molecule has 1 fully saturated rings. The minimum atomic E-state index is -0.686. The molecule has 0 aliphatic heterocycles. The normalized spacial score (nSPS) is 24.7. The maximum atomic E-state index is 13.0. The van der Waals surface area contributed by atoms with E-state index >= 15 is 0 Å². The maximum absolute atomic E-state index is 13.0. The average Bonchev–Trinajstić information content (AvgIpc) is 2.62. The van der Waals surface area contributed by atoms with E-state index in [2.05, 4.69) is 6.92 Å². The first-order chi connectivity index (χ1) is 7.56. The van der Waals surface area contributed by atoms with Crippen LogP contribution < -0.4 is 0 Å². The first-order valence-corrected chi connectivity index (χ1v) is 5.56. The lowest BCUT2D eigenvalue weighted by Crippen LogP contribution is -2.12. The minimum absolute atomic E-state index is 0.0591. The van der Waals surface area contributed by atoms with Gasteiger partial charge in [0, 0.05) is 17.5 Å². The number of hydrogen-bond donors (Lipinski definition) is 0. The third-order valence-corrected chi connectivity index (χ3v) is 3.21. The summed E-state index contributed by atoms with van der Waals surface area (Å²) in [5.41, 5.74) is 0.164. The van der Waals surface area contributed by atoms with Gasteiger partial charge in [-0.1, -0.05) is 6.92 Å². The zero-order valence-electron chi connectivity index (χ0n) is 9.17. The van der Waals surface area contributed by atoms with Gasteiger partial charge in [-0.15, -0.1) is 0 Å². The molecule has 2 rings (SSSR count). The van der Waals surface area contributed by atoms with Crippen LogP contribution in [0.5, 0.6) is 0 Å². The maximum Gasteiger partial charge on any atom is 0.166 e. The molecule has 0 amide bonds. The second kappa shape index (κ2) is 4.32. The molecule has 0 heterocycles. The van der Waals surface area contributed by atoms with Gasteiger partial charge in [-0.2, -0.15) is 0 Å². The van der Waals surface area contributed by atoms with Crippen molar-refractivity contribution in [1.29, 1.82) is 0 Å². The molecule has 1 aromatic carbocycles. The van der Waals surface area contributed by atoms with Crippen molar-refractivity contribution < 1.29 is 13.6 Å². The van der Waals surface area contributed by atoms with E-state index in [-0.39, 0.29) is 17.3 Å². The molecule has 1 aromatic rings. The summed E-state index contributed by atoms with van der Waals surface area (Å²) in [6.07, 6.45) is 2.68. The van der Waals surface area contributed by atoms with Crippen molar-refractivity contribution in [3.05, 3.63) is 35.4 Å². The lowest BCUT2D eigenvalue weighted by atomic mass is 9.95. The van der Waals surface area contributed by atoms with E-state index in [1.165, 1.54) is 0 Å². The zero-order chi connectivity index (χ0) is 11.7. The molecule has 86 valence electrons. The summed E-state index contributed by atoms with van der Waals surface area (Å²) in [4.78, 5) is 12.0. The van der Waals surface area contributed by atoms with Crippen molar-refractivity contribution in [3.63, 3.8) is 0 Å². The highest BCUT2D eigenvalue weighted by atomic mass is 19.1. The Hall–Kier alpha value is -1.25. The summed E-state index contributed by atoms with van der Waals surface area (Å²) in [7, 11) is 0. The van der Waals surface area contributed by atoms with Crippen LogP contribution in [0.2, 0.25) is 0 Å². The van der Waals surface area contributed by atoms with Crippen LogP contribution in [0.1, 0.15) is 36.5 Å². The predicted molar refractivity (Wildman–Crippen MR) is 57.2 cm³/mol. The fraction of sp³-hybridized carbons (Fsp3) is 0.462. The van der Waals surface area contributed by atoms with Gasteiger partial charge in [0.1, 0.15) is 11.6 Å². The van der Waals surface area contributed by atoms with Crippen molar-refractivity contribution in [2.75, 3.05) is 0 Å². The van der Waals surface area contributed by atoms with Crippen LogP contribution >= 0.6 is 0 Å². The minimum Gasteiger partial charge on any atom is -0.294 e. The molecule has 1 aliphatic carbocycles. The van der Waals surface area contributed by atoms with Gasteiger partial charge in [0.15, 0.2) is 5.78 Å². The molecule has 0 N–H and O–H groups in total. The highest BCUT2D eigenvalue weighted by Crippen LogP contribution is 2.32. The number of Topliss-reactive ketones (excluding diaryl/α,β-unsaturated/α-hetero) is 1. The second-order valence-corrected chi connectivity index (χ2v) is 4.64. The van der Waals surface area contributed by atoms with Crippen LogP contribution in [0.15, 0.2) is 18.2 Å². The van der Waals surface area contributed by atoms with Crippen LogP contribution in [0, 0.1) is 23.5 Å². The molecular formula is C13H14F2O. The van der Waals surface area contributed by atoms with Gasteiger partial charge in [-0.05, 0) is 37.3 Å². The monoisotopic (exact) mass is 224 g/mol. The van der Waals surface area contributed by atoms with Gasteiger partial charge in [-0.3, -0.25) is 4.79 Å². The average molecular weight is 224 g/mol. The van der Waals surface area contributed by atoms with Crippen LogP contribution in [-0.2, 0) is 0 Å². The smallest absolute Gasteiger partial charge is 0.166 e. The predicted octanol–water partition coefficient (Wildman–Crippen LogP) is 3.58. The molecule has 0 radical (unpaired) electrons. The van der Waals surface area contributed by atoms with Crippen molar-refractivity contribution in [3.8, 4) is 0 Å². The number of rotatable bonds is 2. The van der Waals surface area contributed by atoms with Crippen LogP contribution in [0.3, 0.4) is 0 Å². The highest BCUT2D eigenvalue weighted by Gasteiger charge is 2.28. The molecule has 2 atom stereocenters. The molecule has 1 saturated carbocycles. The fourth-order valence-corrected chi connectivity index (χ4v) is 2.38. The van der Waals surface area contributed by atoms with E-state index in [4.69, 9.17) is 0 Å². The molecular weight excluding hydrogens is 210 g/mol. The van der Waals surface area contributed by atoms with Crippen molar-refractivity contribution >= 4 is 5.78 Å². The van der Waals surface area contributed by atoms with Crippen molar-refractivity contribution in [1.82, 2.24) is 0 Å². The Bertz CT molecular complexity index is 394. The first kappa shape index (κ1) is 11.2. The molecule has 1 aliphatic rings. The number of carbonyl (C=O) groups is 1. The molecule has 0 aromatic heterocycles. The standard InChI is InChI=1S/C13H14F2O/c1-8-2-3-9(4-8)13(16)10-5-11(14)7-12(15)6-10/h5-9H,2-4H2,1H3. The Morgan fingerprint density at radius 1 is 1.19 bits per heavy atom. The number of ketones is 1. The van der Waals surface area contributed by atoms with E-state index in [1.54, 1.807) is 0 Å². The second-order valence-electron chi connectivity index (χ2n) is 4.64. The van der Waals surface area contributed by atoms with Gasteiger partial charge in [0.2, 0.25) is 0 Å². The van der Waals surface area contributed by atoms with Crippen LogP contribution in [-0.4, -0.2) is 5.78 Å². The largest absolute Gasteiger partial charge is 0.294 e. The van der Waals surface area contributed by atoms with Crippen molar-refractivity contribution in [2.45, 2.75) is 26.2 Å². The topological polar surface area (TPSA) is 17.1 Å². The number of carbonyl (C=O) groups excluding carboxylic acids is 1. The Morgan fingerprint density at radius 3 is 2.31 bits per heavy atom. The van der Waals surface area contributed by atoms with E-state index in [9.17, 15) is 13.6 Å². The van der Waals surface area contributed by atoms with Crippen LogP contribution in [0.25, 0.3) is 0 Å². The highest BCUT2D eigenvalue weighted by molar-refractivity contribution is 5.98. The third-order valence-electron chi connectivity index (χ3n) is 3.21. The number of benzene rings is 1. The summed E-state index contributed by atoms with van der Waals surface area (Å²) < 4.78 is 25.9. The van der Waals surface area contributed by atoms with Gasteiger partial charge in [0.25, 0.3) is 0 Å². The van der Waals surface area contributed by atoms with E-state index < -0.39 is 11.6 Å². The molecule has 3 heteroatoms. The van der Waals surface area contributed by atoms with E-state index in [1.807, 2.05) is 0 Å². The molecule has 1 nitrogen and oxygen atoms in total. The lowest BCUT2D eigenvalue weighted by Gasteiger charge is -2.08.